The molecular formula is C31H34N4O4S. The Bertz CT molecular complexity index is 1660. The van der Waals surface area contributed by atoms with Crippen molar-refractivity contribution in [2.45, 2.75) is 25.9 Å². The van der Waals surface area contributed by atoms with Gasteiger partial charge in [-0.05, 0) is 30.2 Å². The van der Waals surface area contributed by atoms with Crippen LogP contribution >= 0.6 is 0 Å². The molecule has 0 saturated carbocycles. The SMILES string of the molecule is CC[C@H](NC(=O)c1c(CN2CCN(S(C)(=O)=O)CC2)n(-c2ccccc2)c(=O)c2ccccc12)c1ccccc1. The maximum Gasteiger partial charge on any atom is 0.263 e. The molecule has 1 saturated heterocycles. The Kier molecular flexibility index (Phi) is 8.16. The molecule has 4 aromatic rings. The number of carbonyl (C=O) groups is 1. The van der Waals surface area contributed by atoms with Gasteiger partial charge in [0, 0.05) is 49.2 Å². The highest BCUT2D eigenvalue weighted by Crippen LogP contribution is 2.26. The van der Waals surface area contributed by atoms with E-state index in [0.717, 1.165) is 5.56 Å². The number of amides is 1. The largest absolute Gasteiger partial charge is 0.345 e. The molecule has 208 valence electrons. The van der Waals surface area contributed by atoms with Gasteiger partial charge in [0.15, 0.2) is 0 Å². The average Bonchev–Trinajstić information content (AvgIpc) is 2.97. The van der Waals surface area contributed by atoms with Gasteiger partial charge in [-0.3, -0.25) is 19.1 Å². The van der Waals surface area contributed by atoms with Crippen LogP contribution in [-0.4, -0.2) is 60.5 Å². The van der Waals surface area contributed by atoms with Crippen molar-refractivity contribution in [3.8, 4) is 5.69 Å². The van der Waals surface area contributed by atoms with Crippen LogP contribution in [0, 0.1) is 0 Å². The van der Waals surface area contributed by atoms with Crippen molar-refractivity contribution in [2.75, 3.05) is 32.4 Å². The molecule has 3 aromatic carbocycles. The minimum absolute atomic E-state index is 0.196. The number of piperazine rings is 1. The number of fused-ring (bicyclic) bond motifs is 1. The highest BCUT2D eigenvalue weighted by molar-refractivity contribution is 7.88. The molecule has 1 fully saturated rings. The van der Waals surface area contributed by atoms with Gasteiger partial charge < -0.3 is 5.32 Å². The first kappa shape index (κ1) is 27.8. The van der Waals surface area contributed by atoms with Crippen LogP contribution in [0.15, 0.2) is 89.7 Å². The predicted octanol–water partition coefficient (Wildman–Crippen LogP) is 3.95. The quantitative estimate of drug-likeness (QED) is 0.354. The maximum atomic E-state index is 14.2. The Balaban J connectivity index is 1.64. The summed E-state index contributed by atoms with van der Waals surface area (Å²) in [6, 6.07) is 26.3. The fourth-order valence-electron chi connectivity index (χ4n) is 5.42. The van der Waals surface area contributed by atoms with Crippen molar-refractivity contribution in [2.24, 2.45) is 0 Å². The number of pyridine rings is 1. The minimum atomic E-state index is -3.29. The van der Waals surface area contributed by atoms with Crippen LogP contribution < -0.4 is 10.9 Å². The van der Waals surface area contributed by atoms with Gasteiger partial charge in [-0.25, -0.2) is 8.42 Å². The van der Waals surface area contributed by atoms with Crippen LogP contribution in [0.25, 0.3) is 16.5 Å². The van der Waals surface area contributed by atoms with E-state index in [1.165, 1.54) is 10.6 Å². The van der Waals surface area contributed by atoms with Gasteiger partial charge in [0.1, 0.15) is 0 Å². The molecule has 0 unspecified atom stereocenters. The molecule has 1 amide bonds. The number of sulfonamides is 1. The van der Waals surface area contributed by atoms with Gasteiger partial charge in [-0.2, -0.15) is 4.31 Å². The van der Waals surface area contributed by atoms with Crippen molar-refractivity contribution < 1.29 is 13.2 Å². The Morgan fingerprint density at radius 3 is 2.02 bits per heavy atom. The molecule has 0 bridgehead atoms. The summed E-state index contributed by atoms with van der Waals surface area (Å²) < 4.78 is 27.3. The summed E-state index contributed by atoms with van der Waals surface area (Å²) in [7, 11) is -3.29. The van der Waals surface area contributed by atoms with E-state index in [1.54, 1.807) is 10.6 Å². The second-order valence-corrected chi connectivity index (χ2v) is 12.1. The number of carbonyl (C=O) groups excluding carboxylic acids is 1. The number of hydrogen-bond acceptors (Lipinski definition) is 5. The highest BCUT2D eigenvalue weighted by atomic mass is 32.2. The molecule has 1 N–H and O–H groups in total. The van der Waals surface area contributed by atoms with E-state index in [2.05, 4.69) is 10.2 Å². The van der Waals surface area contributed by atoms with Crippen LogP contribution in [-0.2, 0) is 16.6 Å². The van der Waals surface area contributed by atoms with Gasteiger partial charge in [0.2, 0.25) is 10.0 Å². The molecule has 1 aliphatic heterocycles. The van der Waals surface area contributed by atoms with Crippen LogP contribution in [0.5, 0.6) is 0 Å². The fraction of sp³-hybridized carbons (Fsp3) is 0.290. The number of benzene rings is 3. The van der Waals surface area contributed by atoms with E-state index in [9.17, 15) is 18.0 Å². The van der Waals surface area contributed by atoms with Crippen LogP contribution in [0.3, 0.4) is 0 Å². The van der Waals surface area contributed by atoms with E-state index in [1.807, 2.05) is 85.8 Å². The third kappa shape index (κ3) is 5.72. The topological polar surface area (TPSA) is 91.7 Å². The standard InChI is InChI=1S/C31H34N4O4S/c1-3-27(23-12-6-4-7-13-23)32-30(36)29-25-16-10-11-17-26(25)31(37)35(24-14-8-5-9-15-24)28(29)22-33-18-20-34(21-19-33)40(2,38)39/h4-17,27H,3,18-22H2,1-2H3,(H,32,36)/t27-/m0/s1. The molecular weight excluding hydrogens is 524 g/mol. The van der Waals surface area contributed by atoms with Crippen molar-refractivity contribution in [1.29, 1.82) is 0 Å². The third-order valence-electron chi connectivity index (χ3n) is 7.52. The zero-order chi connectivity index (χ0) is 28.3. The molecule has 0 spiro atoms. The number of aromatic nitrogens is 1. The Hall–Kier alpha value is -3.79. The van der Waals surface area contributed by atoms with E-state index >= 15 is 0 Å². The van der Waals surface area contributed by atoms with Crippen molar-refractivity contribution in [1.82, 2.24) is 19.1 Å². The number of nitrogens with zero attached hydrogens (tertiary/aromatic N) is 3. The molecule has 5 rings (SSSR count). The molecule has 1 aromatic heterocycles. The zero-order valence-electron chi connectivity index (χ0n) is 22.8. The summed E-state index contributed by atoms with van der Waals surface area (Å²) in [5.41, 5.74) is 2.53. The average molecular weight is 559 g/mol. The van der Waals surface area contributed by atoms with Crippen LogP contribution in [0.2, 0.25) is 0 Å². The van der Waals surface area contributed by atoms with Gasteiger partial charge in [-0.1, -0.05) is 73.7 Å². The van der Waals surface area contributed by atoms with Crippen molar-refractivity contribution in [3.63, 3.8) is 0 Å². The minimum Gasteiger partial charge on any atom is -0.345 e. The summed E-state index contributed by atoms with van der Waals surface area (Å²) in [6.45, 7) is 4.04. The Labute approximate surface area is 234 Å². The first-order chi connectivity index (χ1) is 19.3. The van der Waals surface area contributed by atoms with Gasteiger partial charge in [0.25, 0.3) is 11.5 Å². The second-order valence-electron chi connectivity index (χ2n) is 10.1. The van der Waals surface area contributed by atoms with Gasteiger partial charge >= 0.3 is 0 Å². The normalized spacial score (nSPS) is 15.7. The Morgan fingerprint density at radius 1 is 0.850 bits per heavy atom. The predicted molar refractivity (Wildman–Crippen MR) is 158 cm³/mol. The summed E-state index contributed by atoms with van der Waals surface area (Å²) in [4.78, 5) is 30.3. The van der Waals surface area contributed by atoms with E-state index < -0.39 is 10.0 Å². The molecule has 40 heavy (non-hydrogen) atoms. The first-order valence-corrected chi connectivity index (χ1v) is 15.4. The summed E-state index contributed by atoms with van der Waals surface area (Å²) >= 11 is 0. The van der Waals surface area contributed by atoms with Crippen LogP contribution in [0.4, 0.5) is 0 Å². The van der Waals surface area contributed by atoms with E-state index in [-0.39, 0.29) is 17.5 Å². The summed E-state index contributed by atoms with van der Waals surface area (Å²) in [5, 5.41) is 4.30. The first-order valence-electron chi connectivity index (χ1n) is 13.5. The smallest absolute Gasteiger partial charge is 0.263 e. The monoisotopic (exact) mass is 558 g/mol. The van der Waals surface area contributed by atoms with E-state index in [0.29, 0.717) is 66.9 Å². The molecule has 0 radical (unpaired) electrons. The lowest BCUT2D eigenvalue weighted by molar-refractivity contribution is 0.0933. The lowest BCUT2D eigenvalue weighted by atomic mass is 9.99. The lowest BCUT2D eigenvalue weighted by Crippen LogP contribution is -2.48. The number of para-hydroxylation sites is 1. The number of hydrogen-bond donors (Lipinski definition) is 1. The molecule has 9 heteroatoms. The molecule has 0 aliphatic carbocycles. The summed E-state index contributed by atoms with van der Waals surface area (Å²) in [5.74, 6) is -0.249. The number of rotatable bonds is 8. The van der Waals surface area contributed by atoms with Crippen molar-refractivity contribution in [3.05, 3.63) is 112 Å². The molecule has 1 aliphatic rings. The highest BCUT2D eigenvalue weighted by Gasteiger charge is 2.28. The molecule has 1 atom stereocenters. The van der Waals surface area contributed by atoms with Gasteiger partial charge in [0.05, 0.1) is 23.6 Å². The lowest BCUT2D eigenvalue weighted by Gasteiger charge is -2.34. The van der Waals surface area contributed by atoms with Gasteiger partial charge in [-0.15, -0.1) is 0 Å². The maximum absolute atomic E-state index is 14.2. The summed E-state index contributed by atoms with van der Waals surface area (Å²) in [6.07, 6.45) is 1.92. The third-order valence-corrected chi connectivity index (χ3v) is 8.82. The van der Waals surface area contributed by atoms with E-state index in [4.69, 9.17) is 0 Å². The zero-order valence-corrected chi connectivity index (χ0v) is 23.6. The van der Waals surface area contributed by atoms with Crippen molar-refractivity contribution >= 4 is 26.7 Å². The Morgan fingerprint density at radius 2 is 1.43 bits per heavy atom. The fourth-order valence-corrected chi connectivity index (χ4v) is 6.25. The molecule has 2 heterocycles. The molecule has 8 nitrogen and oxygen atoms in total. The van der Waals surface area contributed by atoms with Crippen LogP contribution in [0.1, 0.15) is 41.0 Å². The number of nitrogens with one attached hydrogen (secondary N) is 1. The second kappa shape index (κ2) is 11.8.